The number of nitrogens with zero attached hydrogens (tertiary/aromatic N) is 3. The second kappa shape index (κ2) is 10.6. The molecule has 1 saturated heterocycles. The Labute approximate surface area is 214 Å². The molecule has 0 spiro atoms. The summed E-state index contributed by atoms with van der Waals surface area (Å²) in [5.74, 6) is 0.0192. The van der Waals surface area contributed by atoms with E-state index in [9.17, 15) is 13.2 Å². The molecule has 1 aliphatic rings. The van der Waals surface area contributed by atoms with Gasteiger partial charge in [0.1, 0.15) is 17.2 Å². The van der Waals surface area contributed by atoms with Gasteiger partial charge in [-0.2, -0.15) is 0 Å². The van der Waals surface area contributed by atoms with Crippen LogP contribution in [0.5, 0.6) is 5.75 Å². The van der Waals surface area contributed by atoms with Gasteiger partial charge in [0.25, 0.3) is 10.0 Å². The number of carbonyl (C=O) groups is 1. The normalized spacial score (nSPS) is 14.0. The van der Waals surface area contributed by atoms with Crippen molar-refractivity contribution in [3.05, 3.63) is 83.4 Å². The summed E-state index contributed by atoms with van der Waals surface area (Å²) in [5, 5.41) is 0. The summed E-state index contributed by atoms with van der Waals surface area (Å²) in [7, 11) is -2.63. The molecular formula is C28H33N3O4S. The van der Waals surface area contributed by atoms with Crippen molar-refractivity contribution in [2.45, 2.75) is 25.7 Å². The minimum Gasteiger partial charge on any atom is -0.495 e. The van der Waals surface area contributed by atoms with E-state index in [1.807, 2.05) is 13.0 Å². The van der Waals surface area contributed by atoms with Crippen molar-refractivity contribution in [2.75, 3.05) is 49.0 Å². The number of piperazine rings is 1. The van der Waals surface area contributed by atoms with E-state index in [0.717, 1.165) is 5.56 Å². The molecular weight excluding hydrogens is 474 g/mol. The Balaban J connectivity index is 1.57. The maximum absolute atomic E-state index is 13.9. The Hall–Kier alpha value is -3.52. The number of methoxy groups -OCH3 is 1. The van der Waals surface area contributed by atoms with Gasteiger partial charge in [-0.1, -0.05) is 36.4 Å². The van der Waals surface area contributed by atoms with Gasteiger partial charge in [0.05, 0.1) is 12.8 Å². The number of amides is 1. The highest BCUT2D eigenvalue weighted by Crippen LogP contribution is 2.31. The molecule has 1 amide bonds. The van der Waals surface area contributed by atoms with Gasteiger partial charge >= 0.3 is 0 Å². The number of rotatable bonds is 7. The summed E-state index contributed by atoms with van der Waals surface area (Å²) in [6, 6.07) is 20.0. The number of ether oxygens (including phenoxy) is 1. The predicted molar refractivity (Wildman–Crippen MR) is 143 cm³/mol. The zero-order chi connectivity index (χ0) is 25.9. The number of hydrogen-bond acceptors (Lipinski definition) is 5. The molecule has 0 aliphatic carbocycles. The van der Waals surface area contributed by atoms with Crippen molar-refractivity contribution in [2.24, 2.45) is 0 Å². The number of sulfonamides is 1. The first-order valence-electron chi connectivity index (χ1n) is 12.0. The molecule has 4 rings (SSSR count). The molecule has 0 N–H and O–H groups in total. The van der Waals surface area contributed by atoms with Crippen LogP contribution < -0.4 is 13.9 Å². The number of benzene rings is 3. The monoisotopic (exact) mass is 507 g/mol. The first-order valence-corrected chi connectivity index (χ1v) is 13.5. The first-order chi connectivity index (χ1) is 17.2. The highest BCUT2D eigenvalue weighted by molar-refractivity contribution is 7.93. The van der Waals surface area contributed by atoms with Crippen LogP contribution >= 0.6 is 0 Å². The lowest BCUT2D eigenvalue weighted by Gasteiger charge is -2.38. The topological polar surface area (TPSA) is 70.2 Å². The molecule has 0 radical (unpaired) electrons. The lowest BCUT2D eigenvalue weighted by Crippen LogP contribution is -2.52. The summed E-state index contributed by atoms with van der Waals surface area (Å²) >= 11 is 0. The predicted octanol–water partition coefficient (Wildman–Crippen LogP) is 4.16. The Morgan fingerprint density at radius 1 is 0.917 bits per heavy atom. The Morgan fingerprint density at radius 3 is 2.28 bits per heavy atom. The average molecular weight is 508 g/mol. The van der Waals surface area contributed by atoms with Gasteiger partial charge in [0.2, 0.25) is 5.91 Å². The number of carbonyl (C=O) groups excluding carboxylic acids is 1. The fourth-order valence-electron chi connectivity index (χ4n) is 4.51. The molecule has 1 aliphatic heterocycles. The van der Waals surface area contributed by atoms with Crippen LogP contribution in [0, 0.1) is 20.8 Å². The van der Waals surface area contributed by atoms with Crippen LogP contribution in [0.2, 0.25) is 0 Å². The molecule has 0 atom stereocenters. The Morgan fingerprint density at radius 2 is 1.61 bits per heavy atom. The van der Waals surface area contributed by atoms with Gasteiger partial charge in [0.15, 0.2) is 0 Å². The van der Waals surface area contributed by atoms with Crippen LogP contribution in [0.15, 0.2) is 71.6 Å². The summed E-state index contributed by atoms with van der Waals surface area (Å²) < 4.78 is 34.3. The Kier molecular flexibility index (Phi) is 7.54. The van der Waals surface area contributed by atoms with Gasteiger partial charge < -0.3 is 14.5 Å². The smallest absolute Gasteiger partial charge is 0.268 e. The molecule has 190 valence electrons. The molecule has 0 aromatic heterocycles. The third-order valence-corrected chi connectivity index (χ3v) is 8.55. The number of anilines is 2. The van der Waals surface area contributed by atoms with E-state index < -0.39 is 10.0 Å². The van der Waals surface area contributed by atoms with E-state index in [-0.39, 0.29) is 23.1 Å². The molecule has 36 heavy (non-hydrogen) atoms. The standard InChI is InChI=1S/C28H33N3O4S/c1-21-13-14-26(35-4)27(19-21)36(33,34)31(24-10-6-5-7-11-24)20-28(32)30-17-15-29(16-18-30)25-12-8-9-22(2)23(25)3/h5-14,19H,15-18,20H2,1-4H3. The highest BCUT2D eigenvalue weighted by atomic mass is 32.2. The lowest BCUT2D eigenvalue weighted by molar-refractivity contribution is -0.129. The number of aryl methyl sites for hydroxylation is 2. The molecule has 8 heteroatoms. The van der Waals surface area contributed by atoms with Crippen molar-refractivity contribution in [3.8, 4) is 5.75 Å². The maximum Gasteiger partial charge on any atom is 0.268 e. The summed E-state index contributed by atoms with van der Waals surface area (Å²) in [4.78, 5) is 17.5. The van der Waals surface area contributed by atoms with Crippen molar-refractivity contribution in [3.63, 3.8) is 0 Å². The van der Waals surface area contributed by atoms with E-state index in [4.69, 9.17) is 4.74 Å². The third-order valence-electron chi connectivity index (χ3n) is 6.76. The van der Waals surface area contributed by atoms with Crippen molar-refractivity contribution >= 4 is 27.3 Å². The second-order valence-corrected chi connectivity index (χ2v) is 10.9. The van der Waals surface area contributed by atoms with Crippen LogP contribution in [-0.4, -0.2) is 59.1 Å². The molecule has 3 aromatic rings. The molecule has 1 heterocycles. The maximum atomic E-state index is 13.9. The van der Waals surface area contributed by atoms with Crippen LogP contribution in [0.1, 0.15) is 16.7 Å². The molecule has 7 nitrogen and oxygen atoms in total. The fourth-order valence-corrected chi connectivity index (χ4v) is 6.17. The van der Waals surface area contributed by atoms with Gasteiger partial charge in [-0.05, 0) is 67.8 Å². The summed E-state index contributed by atoms with van der Waals surface area (Å²) in [6.07, 6.45) is 0. The lowest BCUT2D eigenvalue weighted by atomic mass is 10.1. The first kappa shape index (κ1) is 25.6. The molecule has 0 bridgehead atoms. The van der Waals surface area contributed by atoms with Gasteiger partial charge in [0, 0.05) is 31.9 Å². The van der Waals surface area contributed by atoms with Gasteiger partial charge in [-0.25, -0.2) is 8.42 Å². The minimum absolute atomic E-state index is 0.0430. The van der Waals surface area contributed by atoms with E-state index in [1.54, 1.807) is 47.4 Å². The summed E-state index contributed by atoms with van der Waals surface area (Å²) in [5.41, 5.74) is 4.88. The van der Waals surface area contributed by atoms with Crippen LogP contribution in [0.3, 0.4) is 0 Å². The van der Waals surface area contributed by atoms with E-state index in [0.29, 0.717) is 31.9 Å². The van der Waals surface area contributed by atoms with Crippen LogP contribution in [-0.2, 0) is 14.8 Å². The van der Waals surface area contributed by atoms with E-state index in [1.165, 1.54) is 28.2 Å². The van der Waals surface area contributed by atoms with Gasteiger partial charge in [-0.15, -0.1) is 0 Å². The van der Waals surface area contributed by atoms with Gasteiger partial charge in [-0.3, -0.25) is 9.10 Å². The van der Waals surface area contributed by atoms with Crippen LogP contribution in [0.4, 0.5) is 11.4 Å². The minimum atomic E-state index is -4.07. The fraction of sp³-hybridized carbons (Fsp3) is 0.321. The SMILES string of the molecule is COc1ccc(C)cc1S(=O)(=O)N(CC(=O)N1CCN(c2cccc(C)c2C)CC1)c1ccccc1. The highest BCUT2D eigenvalue weighted by Gasteiger charge is 2.32. The molecule has 0 unspecified atom stereocenters. The summed E-state index contributed by atoms with van der Waals surface area (Å²) in [6.45, 7) is 8.20. The van der Waals surface area contributed by atoms with Crippen molar-refractivity contribution in [1.82, 2.24) is 4.90 Å². The van der Waals surface area contributed by atoms with E-state index >= 15 is 0 Å². The van der Waals surface area contributed by atoms with Crippen molar-refractivity contribution < 1.29 is 17.9 Å². The largest absolute Gasteiger partial charge is 0.495 e. The quantitative estimate of drug-likeness (QED) is 0.480. The third kappa shape index (κ3) is 5.18. The van der Waals surface area contributed by atoms with E-state index in [2.05, 4.69) is 36.9 Å². The molecule has 1 fully saturated rings. The number of para-hydroxylation sites is 1. The second-order valence-electron chi connectivity index (χ2n) is 9.09. The zero-order valence-electron chi connectivity index (χ0n) is 21.3. The number of hydrogen-bond donors (Lipinski definition) is 0. The Bertz CT molecular complexity index is 1330. The zero-order valence-corrected chi connectivity index (χ0v) is 22.1. The average Bonchev–Trinajstić information content (AvgIpc) is 2.89. The van der Waals surface area contributed by atoms with Crippen LogP contribution in [0.25, 0.3) is 0 Å². The molecule has 0 saturated carbocycles. The molecule has 3 aromatic carbocycles. The van der Waals surface area contributed by atoms with Crippen molar-refractivity contribution in [1.29, 1.82) is 0 Å².